The summed E-state index contributed by atoms with van der Waals surface area (Å²) in [7, 11) is 0. The van der Waals surface area contributed by atoms with E-state index >= 15 is 0 Å². The molecule has 0 heterocycles. The highest BCUT2D eigenvalue weighted by atomic mass is 35.5. The molecule has 0 aromatic rings. The van der Waals surface area contributed by atoms with Gasteiger partial charge in [0.05, 0.1) is 6.61 Å². The maximum atomic E-state index is 10.3. The third-order valence-electron chi connectivity index (χ3n) is 5.52. The summed E-state index contributed by atoms with van der Waals surface area (Å²) in [6, 6.07) is -0.178. The Labute approximate surface area is 285 Å². The average Bonchev–Trinajstić information content (AvgIpc) is 2.91. The van der Waals surface area contributed by atoms with E-state index in [2.05, 4.69) is 32.7 Å². The highest BCUT2D eigenvalue weighted by Crippen LogP contribution is 2.20. The van der Waals surface area contributed by atoms with Crippen LogP contribution in [0.2, 0.25) is 0 Å². The smallest absolute Gasteiger partial charge is 0.404 e. The van der Waals surface area contributed by atoms with Crippen molar-refractivity contribution >= 4 is 103 Å². The number of rotatable bonds is 17. The number of alkyl halides is 3. The number of unbranched alkanes of at least 4 members (excludes halogenated alkanes) is 11. The Hall–Kier alpha value is -0.0900. The summed E-state index contributed by atoms with van der Waals surface area (Å²) in [6.07, 6.45) is 21.4. The first-order valence-electron chi connectivity index (χ1n) is 14.1. The van der Waals surface area contributed by atoms with Crippen LogP contribution in [0.5, 0.6) is 0 Å². The molecule has 15 heteroatoms. The van der Waals surface area contributed by atoms with Crippen LogP contribution < -0.4 is 0 Å². The summed E-state index contributed by atoms with van der Waals surface area (Å²) in [5, 5.41) is 0. The molecular formula is C27H45Cl7O8. The van der Waals surface area contributed by atoms with Crippen LogP contribution in [0, 0.1) is 0 Å². The van der Waals surface area contributed by atoms with E-state index in [-0.39, 0.29) is 18.8 Å². The lowest BCUT2D eigenvalue weighted by molar-refractivity contribution is 0.0954. The number of ether oxygens (including phenoxy) is 4. The second-order valence-electron chi connectivity index (χ2n) is 9.02. The van der Waals surface area contributed by atoms with Gasteiger partial charge in [0, 0.05) is 46.4 Å². The third kappa shape index (κ3) is 49.6. The Morgan fingerprint density at radius 2 is 1.05 bits per heavy atom. The van der Waals surface area contributed by atoms with Gasteiger partial charge >= 0.3 is 21.7 Å². The van der Waals surface area contributed by atoms with E-state index in [1.165, 1.54) is 70.6 Å². The van der Waals surface area contributed by atoms with Gasteiger partial charge in [-0.25, -0.2) is 19.2 Å². The number of hydrogen-bond acceptors (Lipinski definition) is 8. The van der Waals surface area contributed by atoms with Crippen LogP contribution in [0.1, 0.15) is 116 Å². The molecule has 8 nitrogen and oxygen atoms in total. The fourth-order valence-electron chi connectivity index (χ4n) is 3.58. The minimum Gasteiger partial charge on any atom is -0.454 e. The first kappa shape index (κ1) is 46.3. The van der Waals surface area contributed by atoms with Crippen LogP contribution in [0.3, 0.4) is 0 Å². The van der Waals surface area contributed by atoms with Gasteiger partial charge in [-0.15, -0.1) is 23.2 Å². The quantitative estimate of drug-likeness (QED) is 0.0627. The molecule has 0 aliphatic heterocycles. The molecule has 0 aromatic heterocycles. The zero-order chi connectivity index (χ0) is 32.4. The lowest BCUT2D eigenvalue weighted by atomic mass is 9.98. The van der Waals surface area contributed by atoms with E-state index in [1.54, 1.807) is 0 Å². The molecular weight excluding hydrogens is 700 g/mol. The van der Waals surface area contributed by atoms with Gasteiger partial charge in [0.15, 0.2) is 6.07 Å². The second kappa shape index (κ2) is 37.1. The topological polar surface area (TPSA) is 105 Å². The van der Waals surface area contributed by atoms with Crippen molar-refractivity contribution in [1.82, 2.24) is 0 Å². The van der Waals surface area contributed by atoms with Crippen molar-refractivity contribution in [3.8, 4) is 0 Å². The first-order valence-corrected chi connectivity index (χ1v) is 17.0. The highest BCUT2D eigenvalue weighted by molar-refractivity contribution is 6.62. The molecule has 0 bridgehead atoms. The van der Waals surface area contributed by atoms with E-state index < -0.39 is 26.6 Å². The summed E-state index contributed by atoms with van der Waals surface area (Å²) >= 11 is 34.7. The molecule has 0 N–H and O–H groups in total. The van der Waals surface area contributed by atoms with Crippen LogP contribution in [-0.2, 0) is 18.9 Å². The zero-order valence-electron chi connectivity index (χ0n) is 24.2. The van der Waals surface area contributed by atoms with Gasteiger partial charge in [-0.05, 0) is 32.1 Å². The zero-order valence-corrected chi connectivity index (χ0v) is 29.5. The fourth-order valence-corrected chi connectivity index (χ4v) is 4.18. The summed E-state index contributed by atoms with van der Waals surface area (Å²) < 4.78 is 17.6. The lowest BCUT2D eigenvalue weighted by Crippen LogP contribution is -2.17. The highest BCUT2D eigenvalue weighted by Gasteiger charge is 2.15. The monoisotopic (exact) mass is 742 g/mol. The maximum Gasteiger partial charge on any atom is 0.404 e. The van der Waals surface area contributed by atoms with Gasteiger partial charge < -0.3 is 18.9 Å². The normalized spacial score (nSPS) is 12.3. The van der Waals surface area contributed by atoms with Gasteiger partial charge in [0.2, 0.25) is 0 Å². The third-order valence-corrected chi connectivity index (χ3v) is 6.29. The molecule has 250 valence electrons. The average molecular weight is 746 g/mol. The molecule has 1 aliphatic rings. The molecule has 0 amide bonds. The van der Waals surface area contributed by atoms with Gasteiger partial charge in [-0.1, -0.05) is 95.6 Å². The molecule has 0 saturated heterocycles. The molecule has 0 spiro atoms. The Morgan fingerprint density at radius 1 is 0.619 bits per heavy atom. The molecule has 0 atom stereocenters. The van der Waals surface area contributed by atoms with Gasteiger partial charge in [0.1, 0.15) is 17.5 Å². The molecule has 42 heavy (non-hydrogen) atoms. The minimum absolute atomic E-state index is 0.0640. The van der Waals surface area contributed by atoms with Crippen molar-refractivity contribution in [1.29, 1.82) is 0 Å². The molecule has 0 aromatic carbocycles. The van der Waals surface area contributed by atoms with Crippen molar-refractivity contribution in [2.75, 3.05) is 19.3 Å². The van der Waals surface area contributed by atoms with Gasteiger partial charge in [-0.2, -0.15) is 0 Å². The Kier molecular flexibility index (Phi) is 40.9. The molecule has 0 unspecified atom stereocenters. The first-order chi connectivity index (χ1) is 20.0. The van der Waals surface area contributed by atoms with Crippen LogP contribution in [-0.4, -0.2) is 51.9 Å². The Morgan fingerprint density at radius 3 is 1.36 bits per heavy atom. The van der Waals surface area contributed by atoms with Crippen LogP contribution in [0.15, 0.2) is 0 Å². The van der Waals surface area contributed by atoms with Gasteiger partial charge in [0.25, 0.3) is 0 Å². The largest absolute Gasteiger partial charge is 0.454 e. The van der Waals surface area contributed by atoms with E-state index in [0.29, 0.717) is 6.61 Å². The van der Waals surface area contributed by atoms with E-state index in [1.807, 2.05) is 0 Å². The maximum absolute atomic E-state index is 10.3. The van der Waals surface area contributed by atoms with E-state index in [4.69, 9.17) is 74.3 Å². The Balaban J connectivity index is -0.000000533. The standard InChI is InChI=1S/C15H29ClO2.C7H11ClO2.C3H3Cl3O2.C2H2Cl2O2/c1-2-3-4-5-6-7-8-9-10-11-12-13-14-18-15(16)17;8-7(9)10-6-4-2-1-3-5-6;4-2(5)1-8-3(6)7;3-1-6-2(4)5/h2-14H2,1H3;6H,1-5H2;2H,1H2;1H2. The van der Waals surface area contributed by atoms with E-state index in [0.717, 1.165) is 38.5 Å². The molecule has 1 aliphatic carbocycles. The summed E-state index contributed by atoms with van der Waals surface area (Å²) in [4.78, 5) is 39.1. The fraction of sp³-hybridized carbons (Fsp3) is 0.852. The van der Waals surface area contributed by atoms with Crippen molar-refractivity contribution in [3.05, 3.63) is 0 Å². The van der Waals surface area contributed by atoms with Crippen LogP contribution in [0.4, 0.5) is 19.2 Å². The van der Waals surface area contributed by atoms with Crippen molar-refractivity contribution < 1.29 is 38.1 Å². The van der Waals surface area contributed by atoms with E-state index in [9.17, 15) is 19.2 Å². The molecule has 1 saturated carbocycles. The minimum atomic E-state index is -0.892. The molecule has 1 fully saturated rings. The van der Waals surface area contributed by atoms with Crippen molar-refractivity contribution in [3.63, 3.8) is 0 Å². The molecule has 1 rings (SSSR count). The predicted molar refractivity (Wildman–Crippen MR) is 173 cm³/mol. The lowest BCUT2D eigenvalue weighted by Gasteiger charge is -2.19. The number of halogens is 7. The van der Waals surface area contributed by atoms with Gasteiger partial charge in [-0.3, -0.25) is 0 Å². The summed E-state index contributed by atoms with van der Waals surface area (Å²) in [6.45, 7) is 2.67. The predicted octanol–water partition coefficient (Wildman–Crippen LogP) is 12.5. The summed E-state index contributed by atoms with van der Waals surface area (Å²) in [5.41, 5.74) is -3.11. The molecule has 0 radical (unpaired) electrons. The summed E-state index contributed by atoms with van der Waals surface area (Å²) in [5.74, 6) is 0. The van der Waals surface area contributed by atoms with Crippen molar-refractivity contribution in [2.45, 2.75) is 127 Å². The number of hydrogen-bond donors (Lipinski definition) is 0. The number of carbonyl (C=O) groups is 4. The van der Waals surface area contributed by atoms with Crippen LogP contribution >= 0.6 is 81.2 Å². The Bertz CT molecular complexity index is 652. The van der Waals surface area contributed by atoms with Crippen molar-refractivity contribution in [2.24, 2.45) is 0 Å². The second-order valence-corrected chi connectivity index (χ2v) is 11.8. The number of carbonyl (C=O) groups excluding carboxylic acids is 4. The van der Waals surface area contributed by atoms with Crippen LogP contribution in [0.25, 0.3) is 0 Å². The SMILES string of the molecule is CCCCCCCCCCCCCCOC(=O)Cl.O=C(Cl)OC1CCCCC1.O=C(Cl)OCC(Cl)Cl.O=C(Cl)OCCl.